The van der Waals surface area contributed by atoms with Crippen LogP contribution >= 0.6 is 11.6 Å². The van der Waals surface area contributed by atoms with Crippen molar-refractivity contribution in [3.8, 4) is 0 Å². The van der Waals surface area contributed by atoms with Crippen LogP contribution in [-0.4, -0.2) is 41.5 Å². The number of nitrogens with zero attached hydrogens (tertiary/aromatic N) is 2. The highest BCUT2D eigenvalue weighted by Gasteiger charge is 2.24. The van der Waals surface area contributed by atoms with E-state index in [2.05, 4.69) is 29.2 Å². The second kappa shape index (κ2) is 5.88. The number of carbonyl (C=O) groups excluding carboxylic acids is 1. The van der Waals surface area contributed by atoms with Gasteiger partial charge in [0.1, 0.15) is 5.15 Å². The van der Waals surface area contributed by atoms with Crippen molar-refractivity contribution in [2.24, 2.45) is 0 Å². The van der Waals surface area contributed by atoms with Gasteiger partial charge in [-0.1, -0.05) is 11.6 Å². The lowest BCUT2D eigenvalue weighted by atomic mass is 9.98. The SMILES string of the molecule is Cc1cc(C(=O)NC2CCN(C)C(C)C2)cc(Cl)n1. The number of amides is 1. The summed E-state index contributed by atoms with van der Waals surface area (Å²) in [4.78, 5) is 18.6. The number of hydrogen-bond donors (Lipinski definition) is 1. The maximum atomic E-state index is 12.2. The summed E-state index contributed by atoms with van der Waals surface area (Å²) < 4.78 is 0. The number of likely N-dealkylation sites (tertiary alicyclic amines) is 1. The molecule has 1 saturated heterocycles. The summed E-state index contributed by atoms with van der Waals surface area (Å²) in [5.41, 5.74) is 1.35. The van der Waals surface area contributed by atoms with Gasteiger partial charge in [0.25, 0.3) is 5.91 Å². The molecule has 1 aromatic rings. The Bertz CT molecular complexity index is 458. The maximum absolute atomic E-state index is 12.2. The van der Waals surface area contributed by atoms with Crippen LogP contribution in [0.4, 0.5) is 0 Å². The molecule has 0 aliphatic carbocycles. The molecule has 1 aliphatic heterocycles. The van der Waals surface area contributed by atoms with Gasteiger partial charge in [0, 0.05) is 29.9 Å². The van der Waals surface area contributed by atoms with Gasteiger partial charge in [0.05, 0.1) is 0 Å². The zero-order valence-electron chi connectivity index (χ0n) is 11.6. The first-order valence-electron chi connectivity index (χ1n) is 6.61. The summed E-state index contributed by atoms with van der Waals surface area (Å²) in [6.07, 6.45) is 1.98. The van der Waals surface area contributed by atoms with Crippen molar-refractivity contribution in [1.29, 1.82) is 0 Å². The molecule has 0 spiro atoms. The number of halogens is 1. The molecule has 1 aliphatic rings. The zero-order valence-corrected chi connectivity index (χ0v) is 12.4. The summed E-state index contributed by atoms with van der Waals surface area (Å²) in [5, 5.41) is 3.45. The average molecular weight is 282 g/mol. The highest BCUT2D eigenvalue weighted by atomic mass is 35.5. The summed E-state index contributed by atoms with van der Waals surface area (Å²) in [6, 6.07) is 4.12. The first kappa shape index (κ1) is 14.3. The second-order valence-electron chi connectivity index (χ2n) is 5.34. The van der Waals surface area contributed by atoms with E-state index in [1.165, 1.54) is 0 Å². The minimum Gasteiger partial charge on any atom is -0.349 e. The third kappa shape index (κ3) is 3.67. The van der Waals surface area contributed by atoms with Crippen molar-refractivity contribution in [2.45, 2.75) is 38.8 Å². The Hall–Kier alpha value is -1.13. The van der Waals surface area contributed by atoms with Crippen LogP contribution in [0.5, 0.6) is 0 Å². The fraction of sp³-hybridized carbons (Fsp3) is 0.571. The van der Waals surface area contributed by atoms with E-state index < -0.39 is 0 Å². The number of nitrogens with one attached hydrogen (secondary N) is 1. The van der Waals surface area contributed by atoms with Gasteiger partial charge in [0.15, 0.2) is 0 Å². The normalized spacial score (nSPS) is 24.2. The summed E-state index contributed by atoms with van der Waals surface area (Å²) >= 11 is 5.88. The first-order chi connectivity index (χ1) is 8.95. The number of hydrogen-bond acceptors (Lipinski definition) is 3. The van der Waals surface area contributed by atoms with Crippen LogP contribution in [-0.2, 0) is 0 Å². The molecule has 2 rings (SSSR count). The predicted molar refractivity (Wildman–Crippen MR) is 76.6 cm³/mol. The summed E-state index contributed by atoms with van der Waals surface area (Å²) in [5.74, 6) is -0.0610. The van der Waals surface area contributed by atoms with Crippen molar-refractivity contribution in [3.05, 3.63) is 28.5 Å². The number of aryl methyl sites for hydroxylation is 1. The predicted octanol–water partition coefficient (Wildman–Crippen LogP) is 2.26. The van der Waals surface area contributed by atoms with Gasteiger partial charge in [0.2, 0.25) is 0 Å². The number of piperidine rings is 1. The first-order valence-corrected chi connectivity index (χ1v) is 6.99. The van der Waals surface area contributed by atoms with Gasteiger partial charge in [-0.2, -0.15) is 0 Å². The molecule has 2 unspecified atom stereocenters. The van der Waals surface area contributed by atoms with Crippen molar-refractivity contribution >= 4 is 17.5 Å². The second-order valence-corrected chi connectivity index (χ2v) is 5.73. The molecule has 0 saturated carbocycles. The number of aromatic nitrogens is 1. The molecule has 0 radical (unpaired) electrons. The molecule has 1 fully saturated rings. The topological polar surface area (TPSA) is 45.2 Å². The van der Waals surface area contributed by atoms with E-state index in [0.29, 0.717) is 16.8 Å². The molecular weight excluding hydrogens is 262 g/mol. The van der Waals surface area contributed by atoms with Crippen LogP contribution in [0.25, 0.3) is 0 Å². The van der Waals surface area contributed by atoms with Crippen molar-refractivity contribution < 1.29 is 4.79 Å². The Kier molecular flexibility index (Phi) is 4.42. The lowest BCUT2D eigenvalue weighted by Crippen LogP contribution is -2.47. The minimum absolute atomic E-state index is 0.0610. The fourth-order valence-electron chi connectivity index (χ4n) is 2.45. The van der Waals surface area contributed by atoms with Crippen molar-refractivity contribution in [3.63, 3.8) is 0 Å². The molecule has 4 nitrogen and oxygen atoms in total. The monoisotopic (exact) mass is 281 g/mol. The number of carbonyl (C=O) groups is 1. The largest absolute Gasteiger partial charge is 0.349 e. The van der Waals surface area contributed by atoms with E-state index in [-0.39, 0.29) is 11.9 Å². The van der Waals surface area contributed by atoms with E-state index in [4.69, 9.17) is 11.6 Å². The van der Waals surface area contributed by atoms with E-state index in [0.717, 1.165) is 25.1 Å². The number of pyridine rings is 1. The average Bonchev–Trinajstić information content (AvgIpc) is 2.32. The van der Waals surface area contributed by atoms with Gasteiger partial charge in [-0.05, 0) is 45.9 Å². The van der Waals surface area contributed by atoms with Crippen LogP contribution in [0, 0.1) is 6.92 Å². The van der Waals surface area contributed by atoms with Gasteiger partial charge < -0.3 is 10.2 Å². The van der Waals surface area contributed by atoms with E-state index in [1.54, 1.807) is 12.1 Å². The van der Waals surface area contributed by atoms with Crippen LogP contribution in [0.15, 0.2) is 12.1 Å². The van der Waals surface area contributed by atoms with Crippen LogP contribution in [0.1, 0.15) is 35.8 Å². The molecule has 1 N–H and O–H groups in total. The quantitative estimate of drug-likeness (QED) is 0.846. The molecule has 1 aromatic heterocycles. The van der Waals surface area contributed by atoms with Gasteiger partial charge in [-0.15, -0.1) is 0 Å². The summed E-state index contributed by atoms with van der Waals surface area (Å²) in [7, 11) is 2.12. The Balaban J connectivity index is 2.01. The van der Waals surface area contributed by atoms with Crippen molar-refractivity contribution in [1.82, 2.24) is 15.2 Å². The van der Waals surface area contributed by atoms with Crippen LogP contribution in [0.3, 0.4) is 0 Å². The molecule has 5 heteroatoms. The Labute approximate surface area is 119 Å². The zero-order chi connectivity index (χ0) is 14.0. The molecule has 2 heterocycles. The maximum Gasteiger partial charge on any atom is 0.251 e. The van der Waals surface area contributed by atoms with E-state index in [9.17, 15) is 4.79 Å². The Morgan fingerprint density at radius 3 is 2.89 bits per heavy atom. The molecule has 19 heavy (non-hydrogen) atoms. The number of rotatable bonds is 2. The summed E-state index contributed by atoms with van der Waals surface area (Å²) in [6.45, 7) is 5.04. The molecule has 0 bridgehead atoms. The molecule has 104 valence electrons. The molecule has 2 atom stereocenters. The smallest absolute Gasteiger partial charge is 0.251 e. The van der Waals surface area contributed by atoms with Gasteiger partial charge >= 0.3 is 0 Å². The van der Waals surface area contributed by atoms with E-state index >= 15 is 0 Å². The molecular formula is C14H20ClN3O. The van der Waals surface area contributed by atoms with Crippen LogP contribution in [0.2, 0.25) is 5.15 Å². The van der Waals surface area contributed by atoms with Crippen molar-refractivity contribution in [2.75, 3.05) is 13.6 Å². The lowest BCUT2D eigenvalue weighted by molar-refractivity contribution is 0.0896. The molecule has 0 aromatic carbocycles. The highest BCUT2D eigenvalue weighted by Crippen LogP contribution is 2.16. The third-order valence-electron chi connectivity index (χ3n) is 3.73. The Morgan fingerprint density at radius 1 is 1.53 bits per heavy atom. The Morgan fingerprint density at radius 2 is 2.26 bits per heavy atom. The minimum atomic E-state index is -0.0610. The highest BCUT2D eigenvalue weighted by molar-refractivity contribution is 6.29. The van der Waals surface area contributed by atoms with Crippen LogP contribution < -0.4 is 5.32 Å². The lowest BCUT2D eigenvalue weighted by Gasteiger charge is -2.35. The van der Waals surface area contributed by atoms with Gasteiger partial charge in [-0.3, -0.25) is 4.79 Å². The van der Waals surface area contributed by atoms with E-state index in [1.807, 2.05) is 6.92 Å². The molecule has 1 amide bonds. The van der Waals surface area contributed by atoms with Gasteiger partial charge in [-0.25, -0.2) is 4.98 Å². The fourth-order valence-corrected chi connectivity index (χ4v) is 2.70. The third-order valence-corrected chi connectivity index (χ3v) is 3.92. The standard InChI is InChI=1S/C14H20ClN3O/c1-9-6-11(8-13(15)16-9)14(19)17-12-4-5-18(3)10(2)7-12/h6,8,10,12H,4-5,7H2,1-3H3,(H,17,19).